The van der Waals surface area contributed by atoms with Gasteiger partial charge >= 0.3 is 0 Å². The summed E-state index contributed by atoms with van der Waals surface area (Å²) in [4.78, 5) is 0. The van der Waals surface area contributed by atoms with Gasteiger partial charge in [0, 0.05) is 6.04 Å². The quantitative estimate of drug-likeness (QED) is 0.636. The molecule has 1 heteroatoms. The fraction of sp³-hybridized carbons (Fsp3) is 1.00. The molecule has 0 spiro atoms. The van der Waals surface area contributed by atoms with Crippen LogP contribution in [0.3, 0.4) is 0 Å². The number of hydrogen-bond donors (Lipinski definition) is 1. The molecule has 0 aromatic carbocycles. The van der Waals surface area contributed by atoms with E-state index in [4.69, 9.17) is 0 Å². The van der Waals surface area contributed by atoms with E-state index in [9.17, 15) is 0 Å². The van der Waals surface area contributed by atoms with E-state index in [2.05, 4.69) is 39.9 Å². The van der Waals surface area contributed by atoms with Gasteiger partial charge in [-0.3, -0.25) is 0 Å². The fourth-order valence-corrected chi connectivity index (χ4v) is 1.93. The first-order chi connectivity index (χ1) is 5.41. The van der Waals surface area contributed by atoms with Crippen molar-refractivity contribution in [2.45, 2.75) is 47.1 Å². The SMILES string of the molecule is CC(C)C1CC(C(C)(C)C)CN1. The Kier molecular flexibility index (Phi) is 2.82. The molecule has 0 aromatic heterocycles. The highest BCUT2D eigenvalue weighted by atomic mass is 15.0. The molecule has 0 saturated carbocycles. The molecule has 1 rings (SSSR count). The van der Waals surface area contributed by atoms with Crippen molar-refractivity contribution < 1.29 is 0 Å². The van der Waals surface area contributed by atoms with Gasteiger partial charge in [-0.1, -0.05) is 34.6 Å². The molecule has 0 bridgehead atoms. The van der Waals surface area contributed by atoms with Crippen molar-refractivity contribution in [2.75, 3.05) is 6.54 Å². The van der Waals surface area contributed by atoms with Crippen LogP contribution >= 0.6 is 0 Å². The lowest BCUT2D eigenvalue weighted by Gasteiger charge is -2.26. The van der Waals surface area contributed by atoms with Crippen LogP contribution in [0.2, 0.25) is 0 Å². The van der Waals surface area contributed by atoms with Crippen LogP contribution in [-0.2, 0) is 0 Å². The van der Waals surface area contributed by atoms with Crippen molar-refractivity contribution in [3.8, 4) is 0 Å². The summed E-state index contributed by atoms with van der Waals surface area (Å²) < 4.78 is 0. The maximum absolute atomic E-state index is 3.61. The van der Waals surface area contributed by atoms with Crippen LogP contribution in [0.5, 0.6) is 0 Å². The third-order valence-corrected chi connectivity index (χ3v) is 3.19. The largest absolute Gasteiger partial charge is 0.313 e. The molecule has 1 saturated heterocycles. The summed E-state index contributed by atoms with van der Waals surface area (Å²) in [7, 11) is 0. The molecule has 0 radical (unpaired) electrons. The van der Waals surface area contributed by atoms with Gasteiger partial charge < -0.3 is 5.32 Å². The molecular formula is C11H23N. The molecule has 2 atom stereocenters. The molecular weight excluding hydrogens is 146 g/mol. The predicted octanol–water partition coefficient (Wildman–Crippen LogP) is 2.67. The second-order valence-corrected chi connectivity index (χ2v) is 5.56. The van der Waals surface area contributed by atoms with Crippen LogP contribution in [-0.4, -0.2) is 12.6 Å². The normalized spacial score (nSPS) is 31.5. The summed E-state index contributed by atoms with van der Waals surface area (Å²) in [6, 6.07) is 0.759. The monoisotopic (exact) mass is 169 g/mol. The summed E-state index contributed by atoms with van der Waals surface area (Å²) in [5, 5.41) is 3.61. The lowest BCUT2D eigenvalue weighted by atomic mass is 9.78. The van der Waals surface area contributed by atoms with Crippen molar-refractivity contribution in [1.29, 1.82) is 0 Å². The lowest BCUT2D eigenvalue weighted by Crippen LogP contribution is -2.26. The predicted molar refractivity (Wildman–Crippen MR) is 54.2 cm³/mol. The van der Waals surface area contributed by atoms with Gasteiger partial charge in [-0.15, -0.1) is 0 Å². The van der Waals surface area contributed by atoms with Gasteiger partial charge in [0.05, 0.1) is 0 Å². The summed E-state index contributed by atoms with van der Waals surface area (Å²) in [6.45, 7) is 12.9. The van der Waals surface area contributed by atoms with Gasteiger partial charge in [-0.2, -0.15) is 0 Å². The van der Waals surface area contributed by atoms with E-state index in [1.807, 2.05) is 0 Å². The lowest BCUT2D eigenvalue weighted by molar-refractivity contribution is 0.253. The van der Waals surface area contributed by atoms with Gasteiger partial charge in [0.2, 0.25) is 0 Å². The Balaban J connectivity index is 2.46. The Morgan fingerprint density at radius 1 is 1.25 bits per heavy atom. The molecule has 1 aliphatic rings. The topological polar surface area (TPSA) is 12.0 Å². The molecule has 0 amide bonds. The maximum Gasteiger partial charge on any atom is 0.00934 e. The Labute approximate surface area is 76.9 Å². The van der Waals surface area contributed by atoms with Crippen molar-refractivity contribution in [3.63, 3.8) is 0 Å². The van der Waals surface area contributed by atoms with E-state index < -0.39 is 0 Å². The van der Waals surface area contributed by atoms with Crippen LogP contribution in [0, 0.1) is 17.3 Å². The molecule has 72 valence electrons. The van der Waals surface area contributed by atoms with Crippen LogP contribution in [0.4, 0.5) is 0 Å². The Morgan fingerprint density at radius 2 is 1.83 bits per heavy atom. The van der Waals surface area contributed by atoms with Gasteiger partial charge in [0.15, 0.2) is 0 Å². The van der Waals surface area contributed by atoms with Crippen LogP contribution in [0.25, 0.3) is 0 Å². The summed E-state index contributed by atoms with van der Waals surface area (Å²) in [6.07, 6.45) is 1.36. The molecule has 1 fully saturated rings. The van der Waals surface area contributed by atoms with Crippen molar-refractivity contribution in [1.82, 2.24) is 5.32 Å². The van der Waals surface area contributed by atoms with Crippen molar-refractivity contribution >= 4 is 0 Å². The number of rotatable bonds is 1. The first kappa shape index (κ1) is 10.0. The molecule has 12 heavy (non-hydrogen) atoms. The van der Waals surface area contributed by atoms with Crippen LogP contribution in [0.15, 0.2) is 0 Å². The van der Waals surface area contributed by atoms with E-state index in [1.165, 1.54) is 13.0 Å². The molecule has 0 aromatic rings. The molecule has 1 nitrogen and oxygen atoms in total. The molecule has 0 aliphatic carbocycles. The minimum absolute atomic E-state index is 0.483. The van der Waals surface area contributed by atoms with Crippen LogP contribution < -0.4 is 5.32 Å². The summed E-state index contributed by atoms with van der Waals surface area (Å²) in [5.41, 5.74) is 0.483. The minimum Gasteiger partial charge on any atom is -0.313 e. The fourth-order valence-electron chi connectivity index (χ4n) is 1.93. The zero-order valence-electron chi connectivity index (χ0n) is 9.15. The standard InChI is InChI=1S/C11H23N/c1-8(2)10-6-9(7-12-10)11(3,4)5/h8-10,12H,6-7H2,1-5H3. The highest BCUT2D eigenvalue weighted by molar-refractivity contribution is 4.88. The minimum atomic E-state index is 0.483. The highest BCUT2D eigenvalue weighted by Crippen LogP contribution is 2.34. The van der Waals surface area contributed by atoms with Gasteiger partial charge in [0.25, 0.3) is 0 Å². The third-order valence-electron chi connectivity index (χ3n) is 3.19. The van der Waals surface area contributed by atoms with E-state index >= 15 is 0 Å². The first-order valence-corrected chi connectivity index (χ1v) is 5.14. The Hall–Kier alpha value is -0.0400. The average Bonchev–Trinajstić information content (AvgIpc) is 2.30. The first-order valence-electron chi connectivity index (χ1n) is 5.14. The Morgan fingerprint density at radius 3 is 2.08 bits per heavy atom. The van der Waals surface area contributed by atoms with Crippen molar-refractivity contribution in [2.24, 2.45) is 17.3 Å². The Bertz CT molecular complexity index is 144. The second kappa shape index (κ2) is 3.37. The summed E-state index contributed by atoms with van der Waals surface area (Å²) in [5.74, 6) is 1.65. The van der Waals surface area contributed by atoms with Gasteiger partial charge in [0.1, 0.15) is 0 Å². The van der Waals surface area contributed by atoms with E-state index in [-0.39, 0.29) is 0 Å². The molecule has 1 heterocycles. The molecule has 1 aliphatic heterocycles. The molecule has 1 N–H and O–H groups in total. The number of nitrogens with one attached hydrogen (secondary N) is 1. The third kappa shape index (κ3) is 2.22. The van der Waals surface area contributed by atoms with Crippen LogP contribution in [0.1, 0.15) is 41.0 Å². The summed E-state index contributed by atoms with van der Waals surface area (Å²) >= 11 is 0. The zero-order valence-corrected chi connectivity index (χ0v) is 9.15. The van der Waals surface area contributed by atoms with E-state index in [0.29, 0.717) is 5.41 Å². The smallest absolute Gasteiger partial charge is 0.00934 e. The molecule has 2 unspecified atom stereocenters. The van der Waals surface area contributed by atoms with Gasteiger partial charge in [-0.25, -0.2) is 0 Å². The van der Waals surface area contributed by atoms with Gasteiger partial charge in [-0.05, 0) is 30.2 Å². The van der Waals surface area contributed by atoms with E-state index in [1.54, 1.807) is 0 Å². The van der Waals surface area contributed by atoms with Crippen molar-refractivity contribution in [3.05, 3.63) is 0 Å². The zero-order chi connectivity index (χ0) is 9.35. The van der Waals surface area contributed by atoms with E-state index in [0.717, 1.165) is 17.9 Å². The average molecular weight is 169 g/mol. The number of hydrogen-bond acceptors (Lipinski definition) is 1. The maximum atomic E-state index is 3.61. The highest BCUT2D eigenvalue weighted by Gasteiger charge is 2.33. The second-order valence-electron chi connectivity index (χ2n) is 5.56.